The van der Waals surface area contributed by atoms with E-state index in [9.17, 15) is 14.7 Å². The van der Waals surface area contributed by atoms with Gasteiger partial charge in [-0.2, -0.15) is 0 Å². The first-order valence-electron chi connectivity index (χ1n) is 7.48. The number of rotatable bonds is 5. The lowest BCUT2D eigenvalue weighted by Gasteiger charge is -2.34. The maximum atomic E-state index is 12.3. The number of nitrogens with zero attached hydrogens (tertiary/aromatic N) is 1. The zero-order chi connectivity index (χ0) is 15.3. The molecule has 116 valence electrons. The van der Waals surface area contributed by atoms with Crippen LogP contribution in [0.1, 0.15) is 59.8 Å². The van der Waals surface area contributed by atoms with Crippen molar-refractivity contribution in [3.05, 3.63) is 0 Å². The van der Waals surface area contributed by atoms with Gasteiger partial charge in [0.25, 0.3) is 0 Å². The smallest absolute Gasteiger partial charge is 0.411 e. The van der Waals surface area contributed by atoms with Gasteiger partial charge in [-0.1, -0.05) is 19.8 Å². The molecule has 1 saturated carbocycles. The van der Waals surface area contributed by atoms with Crippen LogP contribution < -0.4 is 0 Å². The van der Waals surface area contributed by atoms with Crippen LogP contribution in [-0.4, -0.2) is 40.3 Å². The van der Waals surface area contributed by atoms with Gasteiger partial charge >= 0.3 is 12.1 Å². The monoisotopic (exact) mass is 285 g/mol. The number of carbonyl (C=O) groups is 2. The Bertz CT molecular complexity index is 342. The highest BCUT2D eigenvalue weighted by atomic mass is 16.6. The normalized spacial score (nSPS) is 17.8. The predicted molar refractivity (Wildman–Crippen MR) is 76.6 cm³/mol. The second kappa shape index (κ2) is 6.95. The van der Waals surface area contributed by atoms with Gasteiger partial charge in [-0.15, -0.1) is 0 Å². The van der Waals surface area contributed by atoms with Gasteiger partial charge in [0, 0.05) is 6.54 Å². The molecule has 1 amide bonds. The van der Waals surface area contributed by atoms with Crippen LogP contribution in [-0.2, 0) is 9.53 Å². The first-order chi connectivity index (χ1) is 9.26. The molecule has 20 heavy (non-hydrogen) atoms. The summed E-state index contributed by atoms with van der Waals surface area (Å²) in [4.78, 5) is 25.3. The number of hydrogen-bond acceptors (Lipinski definition) is 3. The average Bonchev–Trinajstić information content (AvgIpc) is 2.79. The average molecular weight is 285 g/mol. The third kappa shape index (κ3) is 4.69. The van der Waals surface area contributed by atoms with Crippen molar-refractivity contribution >= 4 is 12.1 Å². The molecule has 0 aliphatic heterocycles. The molecule has 1 atom stereocenters. The van der Waals surface area contributed by atoms with Crippen LogP contribution in [0.15, 0.2) is 0 Å². The van der Waals surface area contributed by atoms with Gasteiger partial charge in [-0.05, 0) is 46.0 Å². The van der Waals surface area contributed by atoms with Gasteiger partial charge in [0.05, 0.1) is 0 Å². The molecule has 1 fully saturated rings. The van der Waals surface area contributed by atoms with E-state index >= 15 is 0 Å². The standard InChI is InChI=1S/C15H27NO4/c1-5-10-16(14(19)20-15(2,3)4)12(13(17)18)11-8-6-7-9-11/h11-12H,5-10H2,1-4H3,(H,17,18). The van der Waals surface area contributed by atoms with Crippen LogP contribution in [0.4, 0.5) is 4.79 Å². The van der Waals surface area contributed by atoms with E-state index in [2.05, 4.69) is 0 Å². The molecular weight excluding hydrogens is 258 g/mol. The molecule has 1 aliphatic carbocycles. The molecule has 0 aromatic rings. The fourth-order valence-electron chi connectivity index (χ4n) is 2.77. The second-order valence-corrected chi connectivity index (χ2v) is 6.50. The Balaban J connectivity index is 2.89. The molecule has 5 nitrogen and oxygen atoms in total. The van der Waals surface area contributed by atoms with Gasteiger partial charge in [0.2, 0.25) is 0 Å². The first-order valence-corrected chi connectivity index (χ1v) is 7.48. The summed E-state index contributed by atoms with van der Waals surface area (Å²) in [5.74, 6) is -0.872. The molecule has 0 aromatic heterocycles. The van der Waals surface area contributed by atoms with Gasteiger partial charge in [0.15, 0.2) is 0 Å². The van der Waals surface area contributed by atoms with E-state index in [0.717, 1.165) is 32.1 Å². The minimum absolute atomic E-state index is 0.0477. The lowest BCUT2D eigenvalue weighted by atomic mass is 9.96. The number of carboxylic acid groups (broad SMARTS) is 1. The number of carboxylic acids is 1. The molecule has 1 aliphatic rings. The second-order valence-electron chi connectivity index (χ2n) is 6.50. The molecule has 0 spiro atoms. The summed E-state index contributed by atoms with van der Waals surface area (Å²) in [5, 5.41) is 9.53. The Kier molecular flexibility index (Phi) is 5.84. The largest absolute Gasteiger partial charge is 0.480 e. The summed E-state index contributed by atoms with van der Waals surface area (Å²) in [7, 11) is 0. The molecule has 1 rings (SSSR count). The van der Waals surface area contributed by atoms with Crippen LogP contribution in [0.2, 0.25) is 0 Å². The lowest BCUT2D eigenvalue weighted by Crippen LogP contribution is -2.50. The van der Waals surface area contributed by atoms with Crippen LogP contribution in [0, 0.1) is 5.92 Å². The maximum absolute atomic E-state index is 12.3. The van der Waals surface area contributed by atoms with E-state index in [1.54, 1.807) is 20.8 Å². The predicted octanol–water partition coefficient (Wildman–Crippen LogP) is 3.28. The van der Waals surface area contributed by atoms with Crippen molar-refractivity contribution < 1.29 is 19.4 Å². The lowest BCUT2D eigenvalue weighted by molar-refractivity contribution is -0.145. The minimum atomic E-state index is -0.920. The third-order valence-corrected chi connectivity index (χ3v) is 3.53. The van der Waals surface area contributed by atoms with Crippen LogP contribution >= 0.6 is 0 Å². The Morgan fingerprint density at radius 3 is 2.25 bits per heavy atom. The Labute approximate surface area is 121 Å². The van der Waals surface area contributed by atoms with Crippen molar-refractivity contribution in [1.29, 1.82) is 0 Å². The summed E-state index contributed by atoms with van der Waals surface area (Å²) in [5.41, 5.74) is -0.609. The highest BCUT2D eigenvalue weighted by Crippen LogP contribution is 2.31. The molecule has 0 radical (unpaired) electrons. The van der Waals surface area contributed by atoms with Crippen LogP contribution in [0.5, 0.6) is 0 Å². The summed E-state index contributed by atoms with van der Waals surface area (Å²) >= 11 is 0. The SMILES string of the molecule is CCCN(C(=O)OC(C)(C)C)C(C(=O)O)C1CCCC1. The number of ether oxygens (including phenoxy) is 1. The van der Waals surface area contributed by atoms with E-state index in [4.69, 9.17) is 4.74 Å². The highest BCUT2D eigenvalue weighted by Gasteiger charge is 2.39. The van der Waals surface area contributed by atoms with E-state index in [0.29, 0.717) is 6.54 Å². The molecule has 5 heteroatoms. The Morgan fingerprint density at radius 2 is 1.85 bits per heavy atom. The Morgan fingerprint density at radius 1 is 1.30 bits per heavy atom. The molecule has 1 N–H and O–H groups in total. The van der Waals surface area contributed by atoms with E-state index < -0.39 is 23.7 Å². The number of hydrogen-bond donors (Lipinski definition) is 1. The maximum Gasteiger partial charge on any atom is 0.411 e. The Hall–Kier alpha value is -1.26. The van der Waals surface area contributed by atoms with Crippen molar-refractivity contribution in [3.8, 4) is 0 Å². The summed E-state index contributed by atoms with van der Waals surface area (Å²) in [6.45, 7) is 7.73. The van der Waals surface area contributed by atoms with Gasteiger partial charge < -0.3 is 9.84 Å². The van der Waals surface area contributed by atoms with Crippen LogP contribution in [0.25, 0.3) is 0 Å². The van der Waals surface area contributed by atoms with E-state index in [-0.39, 0.29) is 5.92 Å². The molecule has 1 unspecified atom stereocenters. The van der Waals surface area contributed by atoms with Crippen molar-refractivity contribution in [3.63, 3.8) is 0 Å². The summed E-state index contributed by atoms with van der Waals surface area (Å²) in [6, 6.07) is -0.757. The fraction of sp³-hybridized carbons (Fsp3) is 0.867. The summed E-state index contributed by atoms with van der Waals surface area (Å²) < 4.78 is 5.37. The van der Waals surface area contributed by atoms with Crippen LogP contribution in [0.3, 0.4) is 0 Å². The summed E-state index contributed by atoms with van der Waals surface area (Å²) in [6.07, 6.45) is 4.04. The number of carbonyl (C=O) groups excluding carboxylic acids is 1. The van der Waals surface area contributed by atoms with Crippen molar-refractivity contribution in [2.75, 3.05) is 6.54 Å². The molecule has 0 bridgehead atoms. The third-order valence-electron chi connectivity index (χ3n) is 3.53. The fourth-order valence-corrected chi connectivity index (χ4v) is 2.77. The van der Waals surface area contributed by atoms with E-state index in [1.807, 2.05) is 6.92 Å². The number of aliphatic carboxylic acids is 1. The molecule has 0 heterocycles. The van der Waals surface area contributed by atoms with Crippen molar-refractivity contribution in [2.24, 2.45) is 5.92 Å². The first kappa shape index (κ1) is 16.8. The van der Waals surface area contributed by atoms with Gasteiger partial charge in [-0.3, -0.25) is 4.90 Å². The quantitative estimate of drug-likeness (QED) is 0.841. The highest BCUT2D eigenvalue weighted by molar-refractivity contribution is 5.80. The van der Waals surface area contributed by atoms with Gasteiger partial charge in [-0.25, -0.2) is 9.59 Å². The molecular formula is C15H27NO4. The van der Waals surface area contributed by atoms with Gasteiger partial charge in [0.1, 0.15) is 11.6 Å². The zero-order valence-electron chi connectivity index (χ0n) is 13.0. The molecule has 0 aromatic carbocycles. The van der Waals surface area contributed by atoms with Crippen molar-refractivity contribution in [1.82, 2.24) is 4.90 Å². The molecule has 0 saturated heterocycles. The van der Waals surface area contributed by atoms with E-state index in [1.165, 1.54) is 4.90 Å². The van der Waals surface area contributed by atoms with Crippen molar-refractivity contribution in [2.45, 2.75) is 71.4 Å². The topological polar surface area (TPSA) is 66.8 Å². The minimum Gasteiger partial charge on any atom is -0.480 e. The number of amides is 1. The zero-order valence-corrected chi connectivity index (χ0v) is 13.0.